The number of anilines is 1. The second-order valence-corrected chi connectivity index (χ2v) is 8.88. The molecule has 0 aliphatic heterocycles. The van der Waals surface area contributed by atoms with Gasteiger partial charge in [0.05, 0.1) is 24.4 Å². The fourth-order valence-corrected chi connectivity index (χ4v) is 4.28. The summed E-state index contributed by atoms with van der Waals surface area (Å²) >= 11 is 0. The van der Waals surface area contributed by atoms with Crippen LogP contribution in [0.4, 0.5) is 5.69 Å². The standard InChI is InChI=1S/C31H26N4O5/c1-39-23-16-12-22(13-17-23)33-30(37)20-40-24-14-10-21(11-15-24)18-32-34-29(36)19-35-27-8-4-2-6-25(27)31(38)26-7-3-5-9-28(26)35/h2-18H,19-20H2,1H3,(H,33,37)(H,34,36)/b32-18-. The van der Waals surface area contributed by atoms with Gasteiger partial charge in [-0.25, -0.2) is 5.43 Å². The molecule has 0 bridgehead atoms. The van der Waals surface area contributed by atoms with Crippen LogP contribution in [0.5, 0.6) is 11.5 Å². The fraction of sp³-hybridized carbons (Fsp3) is 0.0968. The lowest BCUT2D eigenvalue weighted by atomic mass is 10.1. The molecule has 0 aliphatic carbocycles. The summed E-state index contributed by atoms with van der Waals surface area (Å²) in [6.45, 7) is -0.159. The Morgan fingerprint density at radius 3 is 2.02 bits per heavy atom. The second kappa shape index (κ2) is 12.0. The van der Waals surface area contributed by atoms with Gasteiger partial charge in [0.15, 0.2) is 12.0 Å². The molecule has 2 amide bonds. The van der Waals surface area contributed by atoms with Gasteiger partial charge in [-0.15, -0.1) is 0 Å². The molecule has 1 heterocycles. The SMILES string of the molecule is COc1ccc(NC(=O)COc2ccc(/C=N\NC(=O)Cn3c4ccccc4c(=O)c4ccccc43)cc2)cc1. The van der Waals surface area contributed by atoms with E-state index < -0.39 is 0 Å². The number of aromatic nitrogens is 1. The first kappa shape index (κ1) is 26.2. The Kier molecular flexibility index (Phi) is 7.82. The lowest BCUT2D eigenvalue weighted by Crippen LogP contribution is -2.25. The molecular weight excluding hydrogens is 508 g/mol. The van der Waals surface area contributed by atoms with Gasteiger partial charge in [-0.2, -0.15) is 5.10 Å². The molecule has 200 valence electrons. The van der Waals surface area contributed by atoms with Crippen molar-refractivity contribution in [1.29, 1.82) is 0 Å². The first-order valence-corrected chi connectivity index (χ1v) is 12.5. The Hall–Kier alpha value is -5.44. The monoisotopic (exact) mass is 534 g/mol. The highest BCUT2D eigenvalue weighted by Gasteiger charge is 2.12. The van der Waals surface area contributed by atoms with Crippen LogP contribution in [-0.4, -0.2) is 36.3 Å². The van der Waals surface area contributed by atoms with E-state index in [0.717, 1.165) is 5.56 Å². The number of carbonyl (C=O) groups excluding carboxylic acids is 2. The van der Waals surface area contributed by atoms with E-state index in [4.69, 9.17) is 9.47 Å². The normalized spacial score (nSPS) is 11.0. The van der Waals surface area contributed by atoms with E-state index in [0.29, 0.717) is 39.0 Å². The molecule has 0 spiro atoms. The molecule has 1 aromatic heterocycles. The Morgan fingerprint density at radius 2 is 1.40 bits per heavy atom. The molecule has 0 unspecified atom stereocenters. The molecule has 9 nitrogen and oxygen atoms in total. The molecule has 0 radical (unpaired) electrons. The number of nitrogens with zero attached hydrogens (tertiary/aromatic N) is 2. The van der Waals surface area contributed by atoms with Crippen molar-refractivity contribution in [1.82, 2.24) is 9.99 Å². The van der Waals surface area contributed by atoms with Crippen LogP contribution in [0.3, 0.4) is 0 Å². The topological polar surface area (TPSA) is 111 Å². The van der Waals surface area contributed by atoms with Crippen molar-refractivity contribution in [2.75, 3.05) is 19.0 Å². The van der Waals surface area contributed by atoms with Crippen LogP contribution in [0, 0.1) is 0 Å². The molecule has 5 aromatic rings. The van der Waals surface area contributed by atoms with Crippen molar-refractivity contribution >= 4 is 45.5 Å². The molecule has 0 atom stereocenters. The third-order valence-electron chi connectivity index (χ3n) is 6.21. The Bertz CT molecular complexity index is 1700. The number of pyridine rings is 1. The van der Waals surface area contributed by atoms with E-state index in [2.05, 4.69) is 15.8 Å². The smallest absolute Gasteiger partial charge is 0.262 e. The van der Waals surface area contributed by atoms with Crippen LogP contribution in [0.15, 0.2) is 107 Å². The summed E-state index contributed by atoms with van der Waals surface area (Å²) in [7, 11) is 1.58. The minimum Gasteiger partial charge on any atom is -0.497 e. The summed E-state index contributed by atoms with van der Waals surface area (Å²) in [5.41, 5.74) is 5.22. The number of methoxy groups -OCH3 is 1. The molecule has 0 fully saturated rings. The van der Waals surface area contributed by atoms with Crippen LogP contribution in [0.1, 0.15) is 5.56 Å². The molecule has 4 aromatic carbocycles. The van der Waals surface area contributed by atoms with Gasteiger partial charge in [0.1, 0.15) is 18.0 Å². The molecule has 0 saturated heterocycles. The lowest BCUT2D eigenvalue weighted by molar-refractivity contribution is -0.121. The van der Waals surface area contributed by atoms with Crippen molar-refractivity contribution in [2.24, 2.45) is 5.10 Å². The van der Waals surface area contributed by atoms with Gasteiger partial charge in [-0.05, 0) is 78.4 Å². The first-order chi connectivity index (χ1) is 19.5. The van der Waals surface area contributed by atoms with E-state index in [-0.39, 0.29) is 30.4 Å². The number of rotatable bonds is 9. The first-order valence-electron chi connectivity index (χ1n) is 12.5. The number of hydrogen-bond acceptors (Lipinski definition) is 6. The Morgan fingerprint density at radius 1 is 0.800 bits per heavy atom. The van der Waals surface area contributed by atoms with Crippen molar-refractivity contribution < 1.29 is 19.1 Å². The summed E-state index contributed by atoms with van der Waals surface area (Å²) in [6.07, 6.45) is 1.51. The summed E-state index contributed by atoms with van der Waals surface area (Å²) in [4.78, 5) is 37.8. The van der Waals surface area contributed by atoms with Crippen molar-refractivity contribution in [3.8, 4) is 11.5 Å². The van der Waals surface area contributed by atoms with Gasteiger partial charge >= 0.3 is 0 Å². The number of amides is 2. The molecule has 0 aliphatic rings. The summed E-state index contributed by atoms with van der Waals surface area (Å²) in [5.74, 6) is 0.594. The minimum atomic E-state index is -0.335. The van der Waals surface area contributed by atoms with E-state index in [1.54, 1.807) is 79.9 Å². The largest absolute Gasteiger partial charge is 0.497 e. The highest BCUT2D eigenvalue weighted by molar-refractivity contribution is 5.95. The number of hydrogen-bond donors (Lipinski definition) is 2. The van der Waals surface area contributed by atoms with Gasteiger partial charge in [0.25, 0.3) is 11.8 Å². The predicted octanol–water partition coefficient (Wildman–Crippen LogP) is 4.33. The highest BCUT2D eigenvalue weighted by atomic mass is 16.5. The van der Waals surface area contributed by atoms with Crippen LogP contribution >= 0.6 is 0 Å². The number of hydrazone groups is 1. The van der Waals surface area contributed by atoms with Gasteiger partial charge in [-0.1, -0.05) is 24.3 Å². The van der Waals surface area contributed by atoms with E-state index in [1.807, 2.05) is 28.8 Å². The fourth-order valence-electron chi connectivity index (χ4n) is 4.28. The third kappa shape index (κ3) is 5.99. The second-order valence-electron chi connectivity index (χ2n) is 8.88. The van der Waals surface area contributed by atoms with Gasteiger partial charge < -0.3 is 19.4 Å². The predicted molar refractivity (Wildman–Crippen MR) is 155 cm³/mol. The highest BCUT2D eigenvalue weighted by Crippen LogP contribution is 2.19. The molecule has 0 saturated carbocycles. The van der Waals surface area contributed by atoms with E-state index in [1.165, 1.54) is 6.21 Å². The van der Waals surface area contributed by atoms with Gasteiger partial charge in [-0.3, -0.25) is 14.4 Å². The van der Waals surface area contributed by atoms with Gasteiger partial charge in [0, 0.05) is 16.5 Å². The zero-order valence-corrected chi connectivity index (χ0v) is 21.7. The summed E-state index contributed by atoms with van der Waals surface area (Å²) in [6, 6.07) is 28.4. The van der Waals surface area contributed by atoms with Crippen LogP contribution < -0.4 is 25.6 Å². The molecule has 40 heavy (non-hydrogen) atoms. The number of benzene rings is 4. The zero-order valence-electron chi connectivity index (χ0n) is 21.7. The average molecular weight is 535 g/mol. The summed E-state index contributed by atoms with van der Waals surface area (Å²) < 4.78 is 12.5. The third-order valence-corrected chi connectivity index (χ3v) is 6.21. The molecule has 9 heteroatoms. The quantitative estimate of drug-likeness (QED) is 0.166. The summed E-state index contributed by atoms with van der Waals surface area (Å²) in [5, 5.41) is 7.93. The Labute approximate surface area is 229 Å². The maximum Gasteiger partial charge on any atom is 0.262 e. The number of carbonyl (C=O) groups is 2. The molecule has 2 N–H and O–H groups in total. The van der Waals surface area contributed by atoms with E-state index in [9.17, 15) is 14.4 Å². The molecular formula is C31H26N4O5. The number of fused-ring (bicyclic) bond motifs is 2. The van der Waals surface area contributed by atoms with Gasteiger partial charge in [0.2, 0.25) is 0 Å². The van der Waals surface area contributed by atoms with Crippen LogP contribution in [0.2, 0.25) is 0 Å². The maximum atomic E-state index is 12.9. The zero-order chi connectivity index (χ0) is 27.9. The lowest BCUT2D eigenvalue weighted by Gasteiger charge is -2.14. The maximum absolute atomic E-state index is 12.9. The van der Waals surface area contributed by atoms with E-state index >= 15 is 0 Å². The van der Waals surface area contributed by atoms with Crippen molar-refractivity contribution in [3.05, 3.63) is 113 Å². The number of para-hydroxylation sites is 2. The van der Waals surface area contributed by atoms with Crippen LogP contribution in [-0.2, 0) is 16.1 Å². The van der Waals surface area contributed by atoms with Crippen molar-refractivity contribution in [2.45, 2.75) is 6.54 Å². The Balaban J connectivity index is 1.17. The minimum absolute atomic E-state index is 0.00991. The van der Waals surface area contributed by atoms with Crippen molar-refractivity contribution in [3.63, 3.8) is 0 Å². The molecule has 5 rings (SSSR count). The number of nitrogens with one attached hydrogen (secondary N) is 2. The number of ether oxygens (including phenoxy) is 2. The average Bonchev–Trinajstić information content (AvgIpc) is 2.99. The van der Waals surface area contributed by atoms with Crippen LogP contribution in [0.25, 0.3) is 21.8 Å².